The van der Waals surface area contributed by atoms with E-state index in [1.165, 1.54) is 35.1 Å². The van der Waals surface area contributed by atoms with Crippen LogP contribution < -0.4 is 5.73 Å². The normalized spacial score (nSPS) is 10.2. The Bertz CT molecular complexity index is 982. The second-order valence-electron chi connectivity index (χ2n) is 5.20. The Morgan fingerprint density at radius 3 is 2.72 bits per heavy atom. The lowest BCUT2D eigenvalue weighted by atomic mass is 10.0. The van der Waals surface area contributed by atoms with Crippen LogP contribution in [0.1, 0.15) is 21.5 Å². The predicted molar refractivity (Wildman–Crippen MR) is 91.8 cm³/mol. The van der Waals surface area contributed by atoms with Gasteiger partial charge >= 0.3 is 0 Å². The van der Waals surface area contributed by atoms with Crippen molar-refractivity contribution in [1.82, 2.24) is 9.78 Å². The SMILES string of the molecule is Nc1c(C(=O)c2cccc(C#CCO)c2)cnn1-c1ccc(F)cc1. The minimum Gasteiger partial charge on any atom is -0.384 e. The van der Waals surface area contributed by atoms with Gasteiger partial charge in [0.1, 0.15) is 18.2 Å². The minimum atomic E-state index is -0.369. The van der Waals surface area contributed by atoms with Crippen LogP contribution in [0.2, 0.25) is 0 Å². The number of carbonyl (C=O) groups excluding carboxylic acids is 1. The highest BCUT2D eigenvalue weighted by Crippen LogP contribution is 2.21. The van der Waals surface area contributed by atoms with E-state index in [0.29, 0.717) is 16.8 Å². The maximum Gasteiger partial charge on any atom is 0.198 e. The molecule has 1 heterocycles. The van der Waals surface area contributed by atoms with Crippen LogP contribution in [0, 0.1) is 17.7 Å². The first-order chi connectivity index (χ1) is 12.1. The molecule has 3 rings (SSSR count). The minimum absolute atomic E-state index is 0.170. The molecule has 0 fully saturated rings. The fourth-order valence-corrected chi connectivity index (χ4v) is 2.36. The zero-order chi connectivity index (χ0) is 17.8. The number of anilines is 1. The molecule has 25 heavy (non-hydrogen) atoms. The molecule has 0 aliphatic rings. The number of nitrogens with two attached hydrogens (primary N) is 1. The van der Waals surface area contributed by atoms with E-state index in [1.807, 2.05) is 0 Å². The molecule has 0 aliphatic heterocycles. The van der Waals surface area contributed by atoms with Crippen LogP contribution in [-0.2, 0) is 0 Å². The lowest BCUT2D eigenvalue weighted by Gasteiger charge is -2.05. The van der Waals surface area contributed by atoms with Gasteiger partial charge in [-0.25, -0.2) is 9.07 Å². The standard InChI is InChI=1S/C19H14FN3O2/c20-15-6-8-16(9-7-15)23-19(21)17(12-22-23)18(25)14-5-1-3-13(11-14)4-2-10-24/h1,3,5-9,11-12,24H,10,21H2. The summed E-state index contributed by atoms with van der Waals surface area (Å²) in [5, 5.41) is 12.9. The number of hydrogen-bond donors (Lipinski definition) is 2. The average molecular weight is 335 g/mol. The van der Waals surface area contributed by atoms with E-state index in [2.05, 4.69) is 16.9 Å². The molecule has 0 aliphatic carbocycles. The van der Waals surface area contributed by atoms with Gasteiger partial charge in [-0.15, -0.1) is 0 Å². The fraction of sp³-hybridized carbons (Fsp3) is 0.0526. The quantitative estimate of drug-likeness (QED) is 0.568. The predicted octanol–water partition coefficient (Wildman–Crippen LogP) is 2.17. The Morgan fingerprint density at radius 2 is 2.00 bits per heavy atom. The largest absolute Gasteiger partial charge is 0.384 e. The van der Waals surface area contributed by atoms with Crippen LogP contribution in [0.5, 0.6) is 0 Å². The number of aromatic nitrogens is 2. The third-order valence-corrected chi connectivity index (χ3v) is 3.56. The van der Waals surface area contributed by atoms with Crippen LogP contribution >= 0.6 is 0 Å². The number of nitrogen functional groups attached to an aromatic ring is 1. The first-order valence-electron chi connectivity index (χ1n) is 7.44. The highest BCUT2D eigenvalue weighted by atomic mass is 19.1. The highest BCUT2D eigenvalue weighted by molar-refractivity contribution is 6.11. The molecule has 3 N–H and O–H groups in total. The summed E-state index contributed by atoms with van der Waals surface area (Å²) in [6.07, 6.45) is 1.38. The lowest BCUT2D eigenvalue weighted by Crippen LogP contribution is -2.07. The Balaban J connectivity index is 1.95. The van der Waals surface area contributed by atoms with Gasteiger partial charge in [-0.1, -0.05) is 24.0 Å². The molecule has 0 amide bonds. The van der Waals surface area contributed by atoms with Crippen LogP contribution in [0.4, 0.5) is 10.2 Å². The van der Waals surface area contributed by atoms with E-state index in [0.717, 1.165) is 0 Å². The van der Waals surface area contributed by atoms with Crippen molar-refractivity contribution < 1.29 is 14.3 Å². The van der Waals surface area contributed by atoms with Crippen molar-refractivity contribution in [2.24, 2.45) is 0 Å². The van der Waals surface area contributed by atoms with Crippen molar-refractivity contribution in [3.8, 4) is 17.5 Å². The van der Waals surface area contributed by atoms with Gasteiger partial charge in [0.15, 0.2) is 5.78 Å². The number of ketones is 1. The first-order valence-corrected chi connectivity index (χ1v) is 7.44. The molecule has 0 bridgehead atoms. The molecule has 1 aromatic heterocycles. The summed E-state index contributed by atoms with van der Waals surface area (Å²) in [5.41, 5.74) is 7.88. The zero-order valence-electron chi connectivity index (χ0n) is 13.1. The fourth-order valence-electron chi connectivity index (χ4n) is 2.36. The Kier molecular flexibility index (Phi) is 4.59. The number of carbonyl (C=O) groups is 1. The van der Waals surface area contributed by atoms with Crippen LogP contribution in [-0.4, -0.2) is 27.3 Å². The molecule has 0 spiro atoms. The molecule has 0 saturated heterocycles. The molecule has 5 nitrogen and oxygen atoms in total. The van der Waals surface area contributed by atoms with Gasteiger partial charge in [-0.05, 0) is 36.4 Å². The summed E-state index contributed by atoms with van der Waals surface area (Å²) in [4.78, 5) is 12.7. The van der Waals surface area contributed by atoms with Crippen LogP contribution in [0.15, 0.2) is 54.7 Å². The van der Waals surface area contributed by atoms with Gasteiger partial charge in [0.05, 0.1) is 17.4 Å². The Labute approximate surface area is 143 Å². The summed E-state index contributed by atoms with van der Waals surface area (Å²) in [5.74, 6) is 4.79. The molecule has 0 unspecified atom stereocenters. The molecular formula is C19H14FN3O2. The van der Waals surface area contributed by atoms with Gasteiger partial charge < -0.3 is 10.8 Å². The van der Waals surface area contributed by atoms with Crippen molar-refractivity contribution in [2.45, 2.75) is 0 Å². The maximum atomic E-state index is 13.0. The number of halogens is 1. The Morgan fingerprint density at radius 1 is 1.24 bits per heavy atom. The van der Waals surface area contributed by atoms with Crippen LogP contribution in [0.25, 0.3) is 5.69 Å². The molecular weight excluding hydrogens is 321 g/mol. The first kappa shape index (κ1) is 16.4. The van der Waals surface area contributed by atoms with E-state index in [-0.39, 0.29) is 29.6 Å². The molecule has 0 atom stereocenters. The highest BCUT2D eigenvalue weighted by Gasteiger charge is 2.18. The van der Waals surface area contributed by atoms with Gasteiger partial charge in [-0.2, -0.15) is 5.10 Å². The van der Waals surface area contributed by atoms with Crippen molar-refractivity contribution in [3.63, 3.8) is 0 Å². The van der Waals surface area contributed by atoms with E-state index in [4.69, 9.17) is 10.8 Å². The van der Waals surface area contributed by atoms with Crippen LogP contribution in [0.3, 0.4) is 0 Å². The molecule has 124 valence electrons. The summed E-state index contributed by atoms with van der Waals surface area (Å²) >= 11 is 0. The summed E-state index contributed by atoms with van der Waals surface area (Å²) in [7, 11) is 0. The van der Waals surface area contributed by atoms with Gasteiger partial charge in [0, 0.05) is 11.1 Å². The number of aliphatic hydroxyl groups is 1. The van der Waals surface area contributed by atoms with Gasteiger partial charge in [0.2, 0.25) is 0 Å². The second kappa shape index (κ2) is 6.99. The van der Waals surface area contributed by atoms with E-state index in [9.17, 15) is 9.18 Å². The van der Waals surface area contributed by atoms with E-state index < -0.39 is 0 Å². The van der Waals surface area contributed by atoms with E-state index in [1.54, 1.807) is 24.3 Å². The third kappa shape index (κ3) is 3.42. The number of nitrogens with zero attached hydrogens (tertiary/aromatic N) is 2. The molecule has 2 aromatic carbocycles. The topological polar surface area (TPSA) is 81.1 Å². The summed E-state index contributed by atoms with van der Waals surface area (Å²) in [6.45, 7) is -0.254. The number of rotatable bonds is 3. The van der Waals surface area contributed by atoms with E-state index >= 15 is 0 Å². The van der Waals surface area contributed by atoms with Crippen molar-refractivity contribution >= 4 is 11.6 Å². The number of aliphatic hydroxyl groups excluding tert-OH is 1. The molecule has 6 heteroatoms. The average Bonchev–Trinajstić information content (AvgIpc) is 3.01. The third-order valence-electron chi connectivity index (χ3n) is 3.56. The molecule has 0 saturated carbocycles. The van der Waals surface area contributed by atoms with Crippen molar-refractivity contribution in [2.75, 3.05) is 12.3 Å². The number of hydrogen-bond acceptors (Lipinski definition) is 4. The second-order valence-corrected chi connectivity index (χ2v) is 5.20. The van der Waals surface area contributed by atoms with Gasteiger partial charge in [-0.3, -0.25) is 4.79 Å². The lowest BCUT2D eigenvalue weighted by molar-refractivity contribution is 0.103. The van der Waals surface area contributed by atoms with Gasteiger partial charge in [0.25, 0.3) is 0 Å². The van der Waals surface area contributed by atoms with Crippen molar-refractivity contribution in [1.29, 1.82) is 0 Å². The summed E-state index contributed by atoms with van der Waals surface area (Å²) < 4.78 is 14.4. The Hall–Kier alpha value is -3.43. The molecule has 0 radical (unpaired) electrons. The number of benzene rings is 2. The smallest absolute Gasteiger partial charge is 0.198 e. The zero-order valence-corrected chi connectivity index (χ0v) is 13.1. The maximum absolute atomic E-state index is 13.0. The summed E-state index contributed by atoms with van der Waals surface area (Å²) in [6, 6.07) is 12.4. The van der Waals surface area contributed by atoms with Crippen molar-refractivity contribution in [3.05, 3.63) is 77.2 Å². The molecule has 3 aromatic rings. The monoisotopic (exact) mass is 335 g/mol.